The molecule has 517 valence electrons. The molecule has 1 radical (unpaired) electrons. The number of imidazole rings is 1. The summed E-state index contributed by atoms with van der Waals surface area (Å²) in [4.78, 5) is 109. The van der Waals surface area contributed by atoms with E-state index in [0.717, 1.165) is 11.1 Å². The number of aromatic nitrogens is 2. The smallest absolute Gasteiger partial charge is 0.472 e. The third-order valence-corrected chi connectivity index (χ3v) is 22.3. The number of primary amides is 6. The Hall–Kier alpha value is -6.45. The molecule has 6 aliphatic heterocycles. The number of aliphatic hydroxyl groups is 2. The fraction of sp³-hybridized carbons (Fsp3) is 0.667. The molecule has 5 fully saturated rings. The van der Waals surface area contributed by atoms with Crippen molar-refractivity contribution in [1.29, 1.82) is 5.26 Å². The van der Waals surface area contributed by atoms with Gasteiger partial charge in [0.15, 0.2) is 6.23 Å². The monoisotopic (exact) mass is 1360 g/mol. The van der Waals surface area contributed by atoms with Crippen LogP contribution in [0.15, 0.2) is 52.8 Å². The summed E-state index contributed by atoms with van der Waals surface area (Å²) in [6, 6.07) is 0.417. The minimum absolute atomic E-state index is 0. The predicted molar refractivity (Wildman–Crippen MR) is 338 cm³/mol. The molecule has 8 rings (SSSR count). The molecule has 6 aliphatic rings. The number of phosphoric acid groups is 1. The van der Waals surface area contributed by atoms with E-state index in [2.05, 4.69) is 10.3 Å². The van der Waals surface area contributed by atoms with E-state index in [0.29, 0.717) is 39.3 Å². The Morgan fingerprint density at radius 3 is 1.89 bits per heavy atom. The van der Waals surface area contributed by atoms with E-state index in [9.17, 15) is 53.2 Å². The molecule has 3 unspecified atom stereocenters. The van der Waals surface area contributed by atoms with Crippen LogP contribution >= 0.6 is 7.82 Å². The largest absolute Gasteiger partial charge is 0.685 e. The standard InChI is InChI=1S/C62H92N13O14P.CN.Co/c1-29-20-39-40(21-30(29)2)75(28-70-39)57-52(84)53(41(27-76)87-57)89-90(85,86)88-31(3)26-69-49(83)18-19-59(8)37(22-46(66)80)56-62(11)61(10,25-48(68)82)36(14-17-45(65)79)51(74-62)33(5)55-60(9,24-47(67)81)34(12-15-43(63)77)38(71-55)23-42-58(6,7)35(13-16-44(64)78)50(72-42)32(4)54(59)73-56;1-2;/h20-21,23,28,31,34-38,41,50-53,56-57,76,84H,12-19,22,24-27H2,1-11H3,(H2,63,77)(H2,64,78)(H2,65,79)(H2,66,80)(H2,67,81)(H2,68,82)(H,69,83)(H,85,86);;/q-4;-1;/b42-23-,54-32-,55-33-;;/t31-,34-,35-,36-,37+,38?,41-,50-,51?,52-,53-,56-,57+,59-,60+,61+,62+;;/m1../s1. The number of hydrogen-bond acceptors (Lipinski definition) is 15. The van der Waals surface area contributed by atoms with Gasteiger partial charge in [-0.05, 0) is 129 Å². The third kappa shape index (κ3) is 14.8. The average Bonchev–Trinajstić information content (AvgIpc) is 1.53. The van der Waals surface area contributed by atoms with E-state index in [4.69, 9.17) is 81.3 Å². The van der Waals surface area contributed by atoms with Crippen LogP contribution in [-0.2, 0) is 68.7 Å². The van der Waals surface area contributed by atoms with Crippen LogP contribution in [0.3, 0.4) is 0 Å². The number of phosphoric ester groups is 1. The predicted octanol–water partition coefficient (Wildman–Crippen LogP) is 4.95. The molecule has 0 spiro atoms. The Kier molecular flexibility index (Phi) is 23.5. The van der Waals surface area contributed by atoms with E-state index in [1.807, 2.05) is 87.4 Å². The number of amides is 7. The minimum atomic E-state index is -5.06. The summed E-state index contributed by atoms with van der Waals surface area (Å²) in [5, 5.41) is 53.2. The first kappa shape index (κ1) is 75.6. The summed E-state index contributed by atoms with van der Waals surface area (Å²) in [7, 11) is -5.06. The van der Waals surface area contributed by atoms with Gasteiger partial charge < -0.3 is 97.2 Å². The zero-order chi connectivity index (χ0) is 68.7. The van der Waals surface area contributed by atoms with Gasteiger partial charge in [-0.25, -0.2) is 9.55 Å². The maximum atomic E-state index is 14.4. The van der Waals surface area contributed by atoms with E-state index >= 15 is 0 Å². The fourth-order valence-corrected chi connectivity index (χ4v) is 17.3. The summed E-state index contributed by atoms with van der Waals surface area (Å²) in [5.74, 6) is -6.86. The number of ether oxygens (including phenoxy) is 1. The van der Waals surface area contributed by atoms with Crippen LogP contribution in [-0.4, -0.2) is 133 Å². The van der Waals surface area contributed by atoms with E-state index in [1.54, 1.807) is 4.57 Å². The number of nitrogens with zero attached hydrogens (tertiary/aromatic N) is 7. The molecule has 7 amide bonds. The molecular formula is C63H92CoN14O14P-5. The van der Waals surface area contributed by atoms with Crippen molar-refractivity contribution >= 4 is 60.2 Å². The van der Waals surface area contributed by atoms with Crippen molar-refractivity contribution in [3.63, 3.8) is 0 Å². The quantitative estimate of drug-likeness (QED) is 0.0440. The molecule has 28 nitrogen and oxygen atoms in total. The molecule has 18 atom stereocenters. The SMILES string of the molecule is C/C1=C2/[N-]C(/C=C3\[N-][C@H](/C(C)=C4\[N-][C@H]([C@H](CC(N)=O)[C@@]4(C)CCC(=O)NC[C@@H](C)OP(=O)(O)O[C@H]4[C@@H](O)[C@@H](n5cnc6cc(C)c(C)cc65)O[C@@H]4CO)[C@]4(C)[N-]C1[C@@H](CCC(N)=O)[C@]4(C)CC(N)=O)[C@@H](CCC(N)=O)C3(C)C)[C@@H](CCC(N)=O)[C@]2(C)CC(N)=O.[C-]#N.[Co]. The first-order valence-electron chi connectivity index (χ1n) is 31.1. The fourth-order valence-electron chi connectivity index (χ4n) is 16.1. The number of allylic oxidation sites excluding steroid dienone is 3. The number of carbonyl (C=O) groups is 7. The van der Waals surface area contributed by atoms with Crippen molar-refractivity contribution in [3.8, 4) is 0 Å². The topological polar surface area (TPSA) is 491 Å². The maximum absolute atomic E-state index is 14.4. The van der Waals surface area contributed by atoms with Crippen molar-refractivity contribution in [1.82, 2.24) is 14.9 Å². The van der Waals surface area contributed by atoms with Gasteiger partial charge in [0.25, 0.3) is 0 Å². The molecule has 8 bridgehead atoms. The van der Waals surface area contributed by atoms with Crippen molar-refractivity contribution in [2.75, 3.05) is 13.2 Å². The Balaban J connectivity index is 0.00000453. The van der Waals surface area contributed by atoms with Gasteiger partial charge in [0.2, 0.25) is 41.4 Å². The second-order valence-corrected chi connectivity index (χ2v) is 28.9. The molecule has 1 aromatic carbocycles. The van der Waals surface area contributed by atoms with Crippen LogP contribution < -0.4 is 39.7 Å². The van der Waals surface area contributed by atoms with Crippen molar-refractivity contribution in [3.05, 3.63) is 91.7 Å². The van der Waals surface area contributed by atoms with Gasteiger partial charge in [-0.2, -0.15) is 17.1 Å². The number of nitrogens with two attached hydrogens (primary N) is 6. The van der Waals surface area contributed by atoms with E-state index in [1.165, 1.54) is 13.3 Å². The van der Waals surface area contributed by atoms with E-state index < -0.39 is 161 Å². The van der Waals surface area contributed by atoms with Crippen LogP contribution in [0.2, 0.25) is 0 Å². The van der Waals surface area contributed by atoms with Gasteiger partial charge in [-0.15, -0.1) is 34.8 Å². The number of fused-ring (bicyclic) bond motifs is 10. The van der Waals surface area contributed by atoms with Gasteiger partial charge in [0, 0.05) is 68.3 Å². The van der Waals surface area contributed by atoms with Gasteiger partial charge in [-0.1, -0.05) is 53.6 Å². The summed E-state index contributed by atoms with van der Waals surface area (Å²) in [6.07, 6.45) is -3.96. The van der Waals surface area contributed by atoms with Crippen LogP contribution in [0.4, 0.5) is 0 Å². The summed E-state index contributed by atoms with van der Waals surface area (Å²) in [5.41, 5.74) is 36.2. The summed E-state index contributed by atoms with van der Waals surface area (Å²) in [6.45, 7) is 24.2. The molecule has 30 heteroatoms. The zero-order valence-electron chi connectivity index (χ0n) is 54.7. The number of hydrogen-bond donors (Lipinski definition) is 10. The van der Waals surface area contributed by atoms with Gasteiger partial charge in [-0.3, -0.25) is 42.6 Å². The maximum Gasteiger partial charge on any atom is 0.472 e. The molecular weight excluding hydrogens is 1270 g/mol. The minimum Gasteiger partial charge on any atom is -0.685 e. The third-order valence-electron chi connectivity index (χ3n) is 21.2. The first-order valence-corrected chi connectivity index (χ1v) is 32.6. The number of rotatable bonds is 26. The second-order valence-electron chi connectivity index (χ2n) is 27.5. The van der Waals surface area contributed by atoms with Gasteiger partial charge in [0.05, 0.1) is 30.1 Å². The molecule has 0 saturated carbocycles. The van der Waals surface area contributed by atoms with Crippen LogP contribution in [0.25, 0.3) is 32.3 Å². The molecule has 93 heavy (non-hydrogen) atoms. The van der Waals surface area contributed by atoms with E-state index in [-0.39, 0.29) is 94.0 Å². The molecule has 2 aromatic rings. The average molecular weight is 1360 g/mol. The summed E-state index contributed by atoms with van der Waals surface area (Å²) >= 11 is 0. The Bertz CT molecular complexity index is 3390. The second kappa shape index (κ2) is 28.9. The van der Waals surface area contributed by atoms with Crippen molar-refractivity contribution in [2.45, 2.75) is 207 Å². The van der Waals surface area contributed by atoms with Crippen LogP contribution in [0, 0.1) is 71.0 Å². The number of aliphatic hydroxyl groups excluding tert-OH is 2. The first-order chi connectivity index (χ1) is 42.8. The Labute approximate surface area is 553 Å². The summed E-state index contributed by atoms with van der Waals surface area (Å²) < 4.78 is 32.3. The van der Waals surface area contributed by atoms with Crippen molar-refractivity contribution < 1.29 is 83.8 Å². The zero-order valence-corrected chi connectivity index (χ0v) is 56.7. The van der Waals surface area contributed by atoms with Gasteiger partial charge >= 0.3 is 7.82 Å². The molecule has 0 aliphatic carbocycles. The molecule has 16 N–H and O–H groups in total. The van der Waals surface area contributed by atoms with Gasteiger partial charge in [0.1, 0.15) is 18.3 Å². The molecule has 7 heterocycles. The molecule has 5 saturated heterocycles. The Morgan fingerprint density at radius 2 is 1.32 bits per heavy atom. The van der Waals surface area contributed by atoms with Crippen molar-refractivity contribution in [2.24, 2.45) is 79.7 Å². The number of nitrogens with one attached hydrogen (secondary N) is 1. The number of benzene rings is 1. The van der Waals surface area contributed by atoms with Crippen LogP contribution in [0.5, 0.6) is 0 Å². The normalized spacial score (nSPS) is 35.5. The Morgan fingerprint density at radius 1 is 0.763 bits per heavy atom. The molecule has 1 aromatic heterocycles. The number of aryl methyl sites for hydroxylation is 2. The van der Waals surface area contributed by atoms with Crippen LogP contribution in [0.1, 0.15) is 150 Å². The number of carbonyl (C=O) groups excluding carboxylic acids is 7.